The van der Waals surface area contributed by atoms with Crippen molar-refractivity contribution in [3.63, 3.8) is 0 Å². The first kappa shape index (κ1) is 17.5. The Bertz CT molecular complexity index is 998. The van der Waals surface area contributed by atoms with Crippen molar-refractivity contribution in [2.75, 3.05) is 11.1 Å². The molecule has 6 nitrogen and oxygen atoms in total. The van der Waals surface area contributed by atoms with Gasteiger partial charge in [-0.1, -0.05) is 24.1 Å². The number of nitrogens with one attached hydrogen (secondary N) is 1. The van der Waals surface area contributed by atoms with E-state index in [1.165, 1.54) is 6.42 Å². The number of rotatable bonds is 3. The number of amides is 1. The largest absolute Gasteiger partial charge is 0.399 e. The fraction of sp³-hybridized carbons (Fsp3) is 0.250. The summed E-state index contributed by atoms with van der Waals surface area (Å²) in [6.07, 6.45) is 4.34. The first-order valence-electron chi connectivity index (χ1n) is 9.01. The zero-order valence-corrected chi connectivity index (χ0v) is 15.5. The molecule has 27 heavy (non-hydrogen) atoms. The Morgan fingerprint density at radius 2 is 2.00 bits per heavy atom. The number of carbonyl (C=O) groups excluding carboxylic acids is 1. The number of hydrogen-bond donors (Lipinski definition) is 2. The van der Waals surface area contributed by atoms with Crippen LogP contribution in [0.25, 0.3) is 11.4 Å². The lowest BCUT2D eigenvalue weighted by Crippen LogP contribution is -2.12. The minimum Gasteiger partial charge on any atom is -0.399 e. The van der Waals surface area contributed by atoms with Crippen molar-refractivity contribution in [1.82, 2.24) is 14.8 Å². The van der Waals surface area contributed by atoms with Gasteiger partial charge in [0.1, 0.15) is 5.82 Å². The van der Waals surface area contributed by atoms with Crippen molar-refractivity contribution >= 4 is 28.9 Å². The fourth-order valence-electron chi connectivity index (χ4n) is 3.34. The lowest BCUT2D eigenvalue weighted by molar-refractivity contribution is 0.102. The van der Waals surface area contributed by atoms with Crippen LogP contribution in [0.2, 0.25) is 5.02 Å². The van der Waals surface area contributed by atoms with Crippen LogP contribution in [-0.4, -0.2) is 20.7 Å². The molecule has 0 radical (unpaired) electrons. The molecule has 4 rings (SSSR count). The highest BCUT2D eigenvalue weighted by molar-refractivity contribution is 6.33. The second-order valence-corrected chi connectivity index (χ2v) is 7.08. The van der Waals surface area contributed by atoms with Gasteiger partial charge in [-0.2, -0.15) is 0 Å². The van der Waals surface area contributed by atoms with Crippen molar-refractivity contribution < 1.29 is 4.79 Å². The van der Waals surface area contributed by atoms with Crippen LogP contribution in [-0.2, 0) is 13.0 Å². The highest BCUT2D eigenvalue weighted by Gasteiger charge is 2.18. The molecule has 0 aliphatic carbocycles. The van der Waals surface area contributed by atoms with E-state index in [0.717, 1.165) is 43.0 Å². The van der Waals surface area contributed by atoms with Gasteiger partial charge in [0, 0.05) is 35.5 Å². The number of aryl methyl sites for hydroxylation is 1. The van der Waals surface area contributed by atoms with E-state index < -0.39 is 0 Å². The molecule has 0 saturated heterocycles. The van der Waals surface area contributed by atoms with E-state index in [-0.39, 0.29) is 5.91 Å². The molecule has 0 bridgehead atoms. The summed E-state index contributed by atoms with van der Waals surface area (Å²) in [7, 11) is 0. The van der Waals surface area contributed by atoms with E-state index in [2.05, 4.69) is 20.1 Å². The fourth-order valence-corrected chi connectivity index (χ4v) is 3.54. The Morgan fingerprint density at radius 1 is 1.11 bits per heavy atom. The second-order valence-electron chi connectivity index (χ2n) is 6.68. The number of carbonyl (C=O) groups is 1. The van der Waals surface area contributed by atoms with Crippen LogP contribution in [0.5, 0.6) is 0 Å². The maximum absolute atomic E-state index is 12.5. The predicted octanol–water partition coefficient (Wildman–Crippen LogP) is 4.16. The van der Waals surface area contributed by atoms with Gasteiger partial charge >= 0.3 is 0 Å². The molecule has 2 heterocycles. The number of halogens is 1. The van der Waals surface area contributed by atoms with Crippen molar-refractivity contribution in [1.29, 1.82) is 0 Å². The monoisotopic (exact) mass is 381 g/mol. The molecular formula is C20H20ClN5O. The Balaban J connectivity index is 1.64. The lowest BCUT2D eigenvalue weighted by atomic mass is 10.1. The van der Waals surface area contributed by atoms with Gasteiger partial charge in [-0.15, -0.1) is 10.2 Å². The highest BCUT2D eigenvalue weighted by atomic mass is 35.5. The van der Waals surface area contributed by atoms with Crippen LogP contribution in [0.1, 0.15) is 35.4 Å². The van der Waals surface area contributed by atoms with Crippen LogP contribution >= 0.6 is 11.6 Å². The minimum atomic E-state index is -0.226. The maximum Gasteiger partial charge on any atom is 0.255 e. The molecule has 0 unspecified atom stereocenters. The third-order valence-electron chi connectivity index (χ3n) is 4.72. The van der Waals surface area contributed by atoms with Crippen molar-refractivity contribution in [2.24, 2.45) is 0 Å². The number of fused-ring (bicyclic) bond motifs is 1. The molecule has 1 aliphatic rings. The molecule has 138 valence electrons. The van der Waals surface area contributed by atoms with E-state index in [4.69, 9.17) is 17.3 Å². The minimum absolute atomic E-state index is 0.226. The van der Waals surface area contributed by atoms with Gasteiger partial charge in [0.2, 0.25) is 0 Å². The van der Waals surface area contributed by atoms with Gasteiger partial charge in [0.25, 0.3) is 5.91 Å². The molecule has 0 spiro atoms. The first-order valence-corrected chi connectivity index (χ1v) is 9.38. The summed E-state index contributed by atoms with van der Waals surface area (Å²) in [4.78, 5) is 12.5. The van der Waals surface area contributed by atoms with Crippen LogP contribution in [0.4, 0.5) is 11.4 Å². The highest BCUT2D eigenvalue weighted by Crippen LogP contribution is 2.31. The summed E-state index contributed by atoms with van der Waals surface area (Å²) >= 11 is 6.43. The summed E-state index contributed by atoms with van der Waals surface area (Å²) in [5.41, 5.74) is 8.22. The number of anilines is 2. The molecule has 3 N–H and O–H groups in total. The quantitative estimate of drug-likeness (QED) is 0.667. The number of benzene rings is 2. The van der Waals surface area contributed by atoms with Gasteiger partial charge < -0.3 is 15.6 Å². The smallest absolute Gasteiger partial charge is 0.255 e. The predicted molar refractivity (Wildman–Crippen MR) is 107 cm³/mol. The van der Waals surface area contributed by atoms with Gasteiger partial charge in [0.15, 0.2) is 5.82 Å². The number of nitrogen functional groups attached to an aromatic ring is 1. The number of nitrogens with zero attached hydrogens (tertiary/aromatic N) is 3. The second kappa shape index (κ2) is 7.40. The van der Waals surface area contributed by atoms with Crippen LogP contribution in [0.3, 0.4) is 0 Å². The maximum atomic E-state index is 12.5. The Labute approximate surface area is 162 Å². The molecule has 1 amide bonds. The average molecular weight is 382 g/mol. The zero-order valence-electron chi connectivity index (χ0n) is 14.8. The number of nitrogens with two attached hydrogens (primary N) is 1. The van der Waals surface area contributed by atoms with Crippen LogP contribution in [0.15, 0.2) is 42.5 Å². The third kappa shape index (κ3) is 3.66. The molecule has 1 aromatic heterocycles. The first-order chi connectivity index (χ1) is 13.1. The Kier molecular flexibility index (Phi) is 4.81. The number of aromatic nitrogens is 3. The van der Waals surface area contributed by atoms with Crippen molar-refractivity contribution in [3.8, 4) is 11.4 Å². The summed E-state index contributed by atoms with van der Waals surface area (Å²) < 4.78 is 2.14. The van der Waals surface area contributed by atoms with Gasteiger partial charge in [0.05, 0.1) is 5.02 Å². The van der Waals surface area contributed by atoms with E-state index in [0.29, 0.717) is 22.0 Å². The van der Waals surface area contributed by atoms with E-state index in [1.54, 1.807) is 36.4 Å². The van der Waals surface area contributed by atoms with Gasteiger partial charge in [-0.05, 0) is 49.2 Å². The molecule has 2 aromatic carbocycles. The molecule has 3 aromatic rings. The van der Waals surface area contributed by atoms with Crippen LogP contribution in [0, 0.1) is 0 Å². The normalized spacial score (nSPS) is 13.7. The van der Waals surface area contributed by atoms with Crippen molar-refractivity contribution in [2.45, 2.75) is 32.2 Å². The molecule has 0 fully saturated rings. The summed E-state index contributed by atoms with van der Waals surface area (Å²) in [6.45, 7) is 0.883. The van der Waals surface area contributed by atoms with Crippen LogP contribution < -0.4 is 11.1 Å². The van der Waals surface area contributed by atoms with E-state index in [9.17, 15) is 4.79 Å². The standard InChI is InChI=1S/C20H20ClN5O/c21-17-9-8-15(23-20(27)13-5-4-6-14(22)11-13)12-16(17)19-25-24-18-7-2-1-3-10-26(18)19/h4-6,8-9,11-12H,1-3,7,10,22H2,(H,23,27). The number of hydrogen-bond acceptors (Lipinski definition) is 4. The SMILES string of the molecule is Nc1cccc(C(=O)Nc2ccc(Cl)c(-c3nnc4n3CCCCC4)c2)c1. The lowest BCUT2D eigenvalue weighted by Gasteiger charge is -2.11. The Morgan fingerprint density at radius 3 is 2.85 bits per heavy atom. The summed E-state index contributed by atoms with van der Waals surface area (Å²) in [5, 5.41) is 12.2. The van der Waals surface area contributed by atoms with E-state index >= 15 is 0 Å². The van der Waals surface area contributed by atoms with Crippen molar-refractivity contribution in [3.05, 3.63) is 58.9 Å². The summed E-state index contributed by atoms with van der Waals surface area (Å²) in [6, 6.07) is 12.2. The van der Waals surface area contributed by atoms with Gasteiger partial charge in [-0.3, -0.25) is 4.79 Å². The Hall–Kier alpha value is -2.86. The summed E-state index contributed by atoms with van der Waals surface area (Å²) in [5.74, 6) is 1.51. The molecule has 0 saturated carbocycles. The molecule has 1 aliphatic heterocycles. The van der Waals surface area contributed by atoms with Gasteiger partial charge in [-0.25, -0.2) is 0 Å². The van der Waals surface area contributed by atoms with E-state index in [1.807, 2.05) is 6.07 Å². The molecular weight excluding hydrogens is 362 g/mol. The average Bonchev–Trinajstić information content (AvgIpc) is 2.91. The zero-order chi connectivity index (χ0) is 18.8. The molecule has 7 heteroatoms. The third-order valence-corrected chi connectivity index (χ3v) is 5.05. The topological polar surface area (TPSA) is 85.8 Å². The molecule has 0 atom stereocenters.